The van der Waals surface area contributed by atoms with E-state index in [9.17, 15) is 4.79 Å². The molecule has 0 atom stereocenters. The van der Waals surface area contributed by atoms with Gasteiger partial charge in [-0.15, -0.1) is 0 Å². The van der Waals surface area contributed by atoms with Crippen molar-refractivity contribution in [2.45, 2.75) is 39.7 Å². The molecule has 0 unspecified atom stereocenters. The minimum absolute atomic E-state index is 0.109. The van der Waals surface area contributed by atoms with Crippen LogP contribution < -0.4 is 5.73 Å². The van der Waals surface area contributed by atoms with Gasteiger partial charge >= 0.3 is 0 Å². The number of hydrogen-bond donors (Lipinski definition) is 1. The van der Waals surface area contributed by atoms with Crippen LogP contribution in [0, 0.1) is 5.92 Å². The SMILES string of the molecule is COCCN(CC(C)C)C(=O)CC(C)(C)N. The smallest absolute Gasteiger partial charge is 0.224 e. The Bertz CT molecular complexity index is 210. The minimum Gasteiger partial charge on any atom is -0.383 e. The molecule has 0 rings (SSSR count). The van der Waals surface area contributed by atoms with E-state index in [-0.39, 0.29) is 5.91 Å². The van der Waals surface area contributed by atoms with Gasteiger partial charge in [0.25, 0.3) is 0 Å². The number of nitrogens with zero attached hydrogens (tertiary/aromatic N) is 1. The Morgan fingerprint density at radius 2 is 2.00 bits per heavy atom. The molecule has 0 radical (unpaired) electrons. The van der Waals surface area contributed by atoms with Gasteiger partial charge in [-0.3, -0.25) is 4.79 Å². The van der Waals surface area contributed by atoms with Gasteiger partial charge < -0.3 is 15.4 Å². The molecule has 0 aliphatic heterocycles. The third-order valence-corrected chi connectivity index (χ3v) is 2.11. The average molecular weight is 230 g/mol. The van der Waals surface area contributed by atoms with Crippen LogP contribution >= 0.6 is 0 Å². The first-order chi connectivity index (χ1) is 7.26. The average Bonchev–Trinajstić information content (AvgIpc) is 2.08. The summed E-state index contributed by atoms with van der Waals surface area (Å²) in [7, 11) is 1.64. The van der Waals surface area contributed by atoms with Crippen LogP contribution in [-0.4, -0.2) is 43.2 Å². The van der Waals surface area contributed by atoms with Gasteiger partial charge in [0.05, 0.1) is 6.61 Å². The second kappa shape index (κ2) is 6.86. The van der Waals surface area contributed by atoms with Gasteiger partial charge in [0.2, 0.25) is 5.91 Å². The topological polar surface area (TPSA) is 55.6 Å². The number of amides is 1. The second-order valence-corrected chi connectivity index (χ2v) is 5.39. The maximum atomic E-state index is 12.0. The largest absolute Gasteiger partial charge is 0.383 e. The van der Waals surface area contributed by atoms with Crippen molar-refractivity contribution in [3.05, 3.63) is 0 Å². The number of hydrogen-bond acceptors (Lipinski definition) is 3. The standard InChI is InChI=1S/C12H26N2O2/c1-10(2)9-14(6-7-16-5)11(15)8-12(3,4)13/h10H,6-9,13H2,1-5H3. The molecule has 96 valence electrons. The predicted molar refractivity (Wildman–Crippen MR) is 66.2 cm³/mol. The van der Waals surface area contributed by atoms with E-state index in [4.69, 9.17) is 10.5 Å². The molecule has 0 aromatic heterocycles. The number of rotatable bonds is 7. The highest BCUT2D eigenvalue weighted by molar-refractivity contribution is 5.77. The van der Waals surface area contributed by atoms with Crippen molar-refractivity contribution >= 4 is 5.91 Å². The molecule has 0 saturated heterocycles. The first kappa shape index (κ1) is 15.4. The van der Waals surface area contributed by atoms with E-state index in [1.807, 2.05) is 18.7 Å². The van der Waals surface area contributed by atoms with E-state index in [1.54, 1.807) is 7.11 Å². The van der Waals surface area contributed by atoms with Crippen LogP contribution in [0.1, 0.15) is 34.1 Å². The molecule has 2 N–H and O–H groups in total. The molecule has 0 fully saturated rings. The number of ether oxygens (including phenoxy) is 1. The van der Waals surface area contributed by atoms with Crippen molar-refractivity contribution < 1.29 is 9.53 Å². The van der Waals surface area contributed by atoms with Crippen LogP contribution in [0.3, 0.4) is 0 Å². The Balaban J connectivity index is 4.31. The lowest BCUT2D eigenvalue weighted by Gasteiger charge is -2.27. The van der Waals surface area contributed by atoms with E-state index in [0.717, 1.165) is 6.54 Å². The first-order valence-corrected chi connectivity index (χ1v) is 5.82. The van der Waals surface area contributed by atoms with Crippen molar-refractivity contribution in [2.24, 2.45) is 11.7 Å². The molecule has 0 saturated carbocycles. The van der Waals surface area contributed by atoms with Crippen molar-refractivity contribution in [1.82, 2.24) is 4.90 Å². The van der Waals surface area contributed by atoms with E-state index < -0.39 is 5.54 Å². The Kier molecular flexibility index (Phi) is 6.60. The molecule has 0 spiro atoms. The van der Waals surface area contributed by atoms with Gasteiger partial charge in [0.1, 0.15) is 0 Å². The van der Waals surface area contributed by atoms with Crippen LogP contribution in [0.25, 0.3) is 0 Å². The van der Waals surface area contributed by atoms with Gasteiger partial charge in [-0.05, 0) is 19.8 Å². The Labute approximate surface area is 99.1 Å². The summed E-state index contributed by atoms with van der Waals surface area (Å²) in [6, 6.07) is 0. The third-order valence-electron chi connectivity index (χ3n) is 2.11. The van der Waals surface area contributed by atoms with Crippen molar-refractivity contribution in [3.8, 4) is 0 Å². The summed E-state index contributed by atoms with van der Waals surface area (Å²) in [4.78, 5) is 13.8. The Morgan fingerprint density at radius 3 is 2.38 bits per heavy atom. The molecule has 16 heavy (non-hydrogen) atoms. The summed E-state index contributed by atoms with van der Waals surface area (Å²) < 4.78 is 5.01. The Hall–Kier alpha value is -0.610. The lowest BCUT2D eigenvalue weighted by molar-refractivity contribution is -0.133. The van der Waals surface area contributed by atoms with Crippen LogP contribution in [0.2, 0.25) is 0 Å². The monoisotopic (exact) mass is 230 g/mol. The molecule has 0 aromatic carbocycles. The summed E-state index contributed by atoms with van der Waals surface area (Å²) in [5.74, 6) is 0.569. The molecular formula is C12H26N2O2. The summed E-state index contributed by atoms with van der Waals surface area (Å²) in [6.45, 7) is 9.91. The minimum atomic E-state index is -0.445. The molecule has 0 bridgehead atoms. The lowest BCUT2D eigenvalue weighted by atomic mass is 10.0. The third kappa shape index (κ3) is 7.65. The first-order valence-electron chi connectivity index (χ1n) is 5.82. The molecular weight excluding hydrogens is 204 g/mol. The molecule has 0 aromatic rings. The zero-order valence-electron chi connectivity index (χ0n) is 11.2. The van der Waals surface area contributed by atoms with E-state index in [0.29, 0.717) is 25.5 Å². The van der Waals surface area contributed by atoms with Crippen LogP contribution in [-0.2, 0) is 9.53 Å². The summed E-state index contributed by atoms with van der Waals surface area (Å²) in [5, 5.41) is 0. The van der Waals surface area contributed by atoms with Gasteiger partial charge in [0.15, 0.2) is 0 Å². The van der Waals surface area contributed by atoms with Crippen LogP contribution in [0.4, 0.5) is 0 Å². The van der Waals surface area contributed by atoms with Gasteiger partial charge in [-0.1, -0.05) is 13.8 Å². The summed E-state index contributed by atoms with van der Waals surface area (Å²) >= 11 is 0. The van der Waals surface area contributed by atoms with E-state index in [1.165, 1.54) is 0 Å². The molecule has 1 amide bonds. The highest BCUT2D eigenvalue weighted by Gasteiger charge is 2.21. The predicted octanol–water partition coefficient (Wildman–Crippen LogP) is 1.24. The highest BCUT2D eigenvalue weighted by atomic mass is 16.5. The molecule has 0 aliphatic carbocycles. The van der Waals surface area contributed by atoms with E-state index in [2.05, 4.69) is 13.8 Å². The zero-order valence-corrected chi connectivity index (χ0v) is 11.2. The van der Waals surface area contributed by atoms with Gasteiger partial charge in [-0.2, -0.15) is 0 Å². The maximum absolute atomic E-state index is 12.0. The molecule has 0 aliphatic rings. The highest BCUT2D eigenvalue weighted by Crippen LogP contribution is 2.09. The lowest BCUT2D eigenvalue weighted by Crippen LogP contribution is -2.43. The van der Waals surface area contributed by atoms with Crippen molar-refractivity contribution in [3.63, 3.8) is 0 Å². The number of carbonyl (C=O) groups excluding carboxylic acids is 1. The van der Waals surface area contributed by atoms with Crippen LogP contribution in [0.15, 0.2) is 0 Å². The fourth-order valence-electron chi connectivity index (χ4n) is 1.46. The number of carbonyl (C=O) groups is 1. The van der Waals surface area contributed by atoms with Crippen molar-refractivity contribution in [2.75, 3.05) is 26.8 Å². The normalized spacial score (nSPS) is 11.9. The Morgan fingerprint density at radius 1 is 1.44 bits per heavy atom. The van der Waals surface area contributed by atoms with Gasteiger partial charge in [-0.25, -0.2) is 0 Å². The van der Waals surface area contributed by atoms with Gasteiger partial charge in [0, 0.05) is 32.2 Å². The van der Waals surface area contributed by atoms with Crippen LogP contribution in [0.5, 0.6) is 0 Å². The van der Waals surface area contributed by atoms with Crippen molar-refractivity contribution in [1.29, 1.82) is 0 Å². The number of nitrogens with two attached hydrogens (primary N) is 1. The molecule has 4 heteroatoms. The van der Waals surface area contributed by atoms with E-state index >= 15 is 0 Å². The molecule has 0 heterocycles. The zero-order chi connectivity index (χ0) is 12.8. The molecule has 4 nitrogen and oxygen atoms in total. The second-order valence-electron chi connectivity index (χ2n) is 5.39. The fraction of sp³-hybridized carbons (Fsp3) is 0.917. The maximum Gasteiger partial charge on any atom is 0.224 e. The summed E-state index contributed by atoms with van der Waals surface area (Å²) in [6.07, 6.45) is 0.378. The summed E-state index contributed by atoms with van der Waals surface area (Å²) in [5.41, 5.74) is 5.41. The quantitative estimate of drug-likeness (QED) is 0.716. The number of methoxy groups -OCH3 is 1. The fourth-order valence-corrected chi connectivity index (χ4v) is 1.46.